The zero-order valence-electron chi connectivity index (χ0n) is 11.6. The molecule has 0 aliphatic heterocycles. The van der Waals surface area contributed by atoms with E-state index in [-0.39, 0.29) is 18.1 Å². The molecular weight excluding hydrogens is 360 g/mol. The van der Waals surface area contributed by atoms with Gasteiger partial charge < -0.3 is 9.84 Å². The van der Waals surface area contributed by atoms with E-state index >= 15 is 0 Å². The molecule has 0 aliphatic carbocycles. The highest BCUT2D eigenvalue weighted by Crippen LogP contribution is 2.26. The van der Waals surface area contributed by atoms with E-state index in [9.17, 15) is 13.2 Å². The molecule has 1 aromatic carbocycles. The van der Waals surface area contributed by atoms with Crippen molar-refractivity contribution < 1.29 is 23.1 Å². The first-order chi connectivity index (χ1) is 9.84. The summed E-state index contributed by atoms with van der Waals surface area (Å²) in [5.74, 6) is -0.355. The minimum atomic E-state index is -3.06. The van der Waals surface area contributed by atoms with E-state index in [0.717, 1.165) is 6.08 Å². The first-order valence-electron chi connectivity index (χ1n) is 6.38. The summed E-state index contributed by atoms with van der Waals surface area (Å²) in [6.07, 6.45) is 3.10. The van der Waals surface area contributed by atoms with Gasteiger partial charge in [0, 0.05) is 6.08 Å². The molecule has 0 aromatic heterocycles. The minimum Gasteiger partial charge on any atom is -0.491 e. The summed E-state index contributed by atoms with van der Waals surface area (Å²) >= 11 is 3.31. The Kier molecular flexibility index (Phi) is 6.91. The Bertz CT molecular complexity index is 622. The lowest BCUT2D eigenvalue weighted by atomic mass is 10.2. The number of hydrogen-bond acceptors (Lipinski definition) is 4. The third kappa shape index (κ3) is 6.77. The molecule has 5 nitrogen and oxygen atoms in total. The van der Waals surface area contributed by atoms with Gasteiger partial charge in [0.2, 0.25) is 0 Å². The van der Waals surface area contributed by atoms with Crippen molar-refractivity contribution in [2.24, 2.45) is 0 Å². The lowest BCUT2D eigenvalue weighted by Crippen LogP contribution is -2.16. The average molecular weight is 377 g/mol. The van der Waals surface area contributed by atoms with Gasteiger partial charge in [0.1, 0.15) is 12.4 Å². The van der Waals surface area contributed by atoms with Gasteiger partial charge in [0.15, 0.2) is 9.84 Å². The number of carboxylic acids is 1. The summed E-state index contributed by atoms with van der Waals surface area (Å²) in [6.45, 7) is 1.91. The van der Waals surface area contributed by atoms with Crippen molar-refractivity contribution in [3.05, 3.63) is 34.3 Å². The molecule has 1 aromatic rings. The Morgan fingerprint density at radius 1 is 1.38 bits per heavy atom. The fourth-order valence-electron chi connectivity index (χ4n) is 1.60. The molecule has 0 bridgehead atoms. The second kappa shape index (κ2) is 8.19. The van der Waals surface area contributed by atoms with Crippen molar-refractivity contribution in [3.8, 4) is 5.75 Å². The normalized spacial score (nSPS) is 11.7. The molecule has 116 valence electrons. The van der Waals surface area contributed by atoms with Crippen molar-refractivity contribution >= 4 is 37.8 Å². The maximum Gasteiger partial charge on any atom is 0.328 e. The molecule has 0 unspecified atom stereocenters. The number of carboxylic acid groups (broad SMARTS) is 1. The van der Waals surface area contributed by atoms with Gasteiger partial charge in [-0.25, -0.2) is 13.2 Å². The second-order valence-electron chi connectivity index (χ2n) is 4.36. The van der Waals surface area contributed by atoms with E-state index in [4.69, 9.17) is 9.84 Å². The molecule has 0 heterocycles. The first kappa shape index (κ1) is 17.7. The van der Waals surface area contributed by atoms with E-state index in [0.29, 0.717) is 22.2 Å². The van der Waals surface area contributed by atoms with Crippen LogP contribution in [0.3, 0.4) is 0 Å². The van der Waals surface area contributed by atoms with E-state index in [1.54, 1.807) is 18.2 Å². The highest BCUT2D eigenvalue weighted by molar-refractivity contribution is 9.10. The Labute approximate surface area is 132 Å². The van der Waals surface area contributed by atoms with Crippen LogP contribution in [0.2, 0.25) is 0 Å². The minimum absolute atomic E-state index is 0.0199. The zero-order valence-corrected chi connectivity index (χ0v) is 14.0. The van der Waals surface area contributed by atoms with Gasteiger partial charge >= 0.3 is 5.97 Å². The fraction of sp³-hybridized carbons (Fsp3) is 0.357. The van der Waals surface area contributed by atoms with E-state index in [1.807, 2.05) is 6.92 Å². The number of benzene rings is 1. The molecule has 0 amide bonds. The van der Waals surface area contributed by atoms with Crippen LogP contribution in [0.5, 0.6) is 5.75 Å². The highest BCUT2D eigenvalue weighted by Gasteiger charge is 2.10. The second-order valence-corrected chi connectivity index (χ2v) is 7.52. The molecule has 1 rings (SSSR count). The van der Waals surface area contributed by atoms with Gasteiger partial charge in [0.25, 0.3) is 0 Å². The SMILES string of the molecule is CCCS(=O)(=O)CCOc1ccc(/C=C/C(=O)O)cc1Br. The Balaban J connectivity index is 2.63. The van der Waals surface area contributed by atoms with Crippen molar-refractivity contribution in [1.29, 1.82) is 0 Å². The summed E-state index contributed by atoms with van der Waals surface area (Å²) in [6, 6.07) is 5.06. The van der Waals surface area contributed by atoms with Crippen LogP contribution in [0.4, 0.5) is 0 Å². The summed E-state index contributed by atoms with van der Waals surface area (Å²) in [7, 11) is -3.06. The van der Waals surface area contributed by atoms with Gasteiger partial charge in [-0.05, 0) is 46.1 Å². The highest BCUT2D eigenvalue weighted by atomic mass is 79.9. The number of halogens is 1. The van der Waals surface area contributed by atoms with Gasteiger partial charge in [-0.2, -0.15) is 0 Å². The summed E-state index contributed by atoms with van der Waals surface area (Å²) in [4.78, 5) is 10.4. The summed E-state index contributed by atoms with van der Waals surface area (Å²) < 4.78 is 29.2. The summed E-state index contributed by atoms with van der Waals surface area (Å²) in [5, 5.41) is 8.55. The largest absolute Gasteiger partial charge is 0.491 e. The molecule has 0 atom stereocenters. The lowest BCUT2D eigenvalue weighted by molar-refractivity contribution is -0.131. The van der Waals surface area contributed by atoms with Crippen LogP contribution >= 0.6 is 15.9 Å². The number of hydrogen-bond donors (Lipinski definition) is 1. The van der Waals surface area contributed by atoms with E-state index < -0.39 is 15.8 Å². The van der Waals surface area contributed by atoms with Crippen molar-refractivity contribution in [1.82, 2.24) is 0 Å². The number of ether oxygens (including phenoxy) is 1. The van der Waals surface area contributed by atoms with Crippen LogP contribution in [0.25, 0.3) is 6.08 Å². The predicted octanol–water partition coefficient (Wildman–Crippen LogP) is 2.75. The number of aliphatic carboxylic acids is 1. The van der Waals surface area contributed by atoms with Gasteiger partial charge in [-0.1, -0.05) is 13.0 Å². The third-order valence-electron chi connectivity index (χ3n) is 2.54. The van der Waals surface area contributed by atoms with Crippen LogP contribution in [0.1, 0.15) is 18.9 Å². The standard InChI is InChI=1S/C14H17BrO5S/c1-2-8-21(18,19)9-7-20-13-5-3-11(10-12(13)15)4-6-14(16)17/h3-6,10H,2,7-9H2,1H3,(H,16,17)/b6-4+. The van der Waals surface area contributed by atoms with Crippen molar-refractivity contribution in [2.45, 2.75) is 13.3 Å². The number of sulfone groups is 1. The van der Waals surface area contributed by atoms with Gasteiger partial charge in [-0.3, -0.25) is 0 Å². The molecule has 0 spiro atoms. The third-order valence-corrected chi connectivity index (χ3v) is 4.98. The molecule has 21 heavy (non-hydrogen) atoms. The topological polar surface area (TPSA) is 80.7 Å². The first-order valence-corrected chi connectivity index (χ1v) is 8.99. The van der Waals surface area contributed by atoms with Gasteiger partial charge in [0.05, 0.1) is 16.0 Å². The molecule has 0 aliphatic rings. The summed E-state index contributed by atoms with van der Waals surface area (Å²) in [5.41, 5.74) is 0.704. The maximum atomic E-state index is 11.6. The zero-order chi connectivity index (χ0) is 15.9. The van der Waals surface area contributed by atoms with Crippen LogP contribution in [0, 0.1) is 0 Å². The average Bonchev–Trinajstić information content (AvgIpc) is 2.38. The molecule has 1 N–H and O–H groups in total. The van der Waals surface area contributed by atoms with Crippen LogP contribution in [-0.4, -0.2) is 37.6 Å². The van der Waals surface area contributed by atoms with Crippen molar-refractivity contribution in [2.75, 3.05) is 18.1 Å². The predicted molar refractivity (Wildman–Crippen MR) is 85.3 cm³/mol. The van der Waals surface area contributed by atoms with Crippen LogP contribution in [-0.2, 0) is 14.6 Å². The molecule has 0 fully saturated rings. The number of carbonyl (C=O) groups is 1. The fourth-order valence-corrected chi connectivity index (χ4v) is 3.27. The van der Waals surface area contributed by atoms with Crippen molar-refractivity contribution in [3.63, 3.8) is 0 Å². The Hall–Kier alpha value is -1.34. The van der Waals surface area contributed by atoms with Crippen LogP contribution in [0.15, 0.2) is 28.7 Å². The Morgan fingerprint density at radius 3 is 2.67 bits per heavy atom. The van der Waals surface area contributed by atoms with E-state index in [1.165, 1.54) is 6.08 Å². The lowest BCUT2D eigenvalue weighted by Gasteiger charge is -2.09. The monoisotopic (exact) mass is 376 g/mol. The molecule has 0 saturated carbocycles. The molecule has 7 heteroatoms. The Morgan fingerprint density at radius 2 is 2.10 bits per heavy atom. The molecule has 0 saturated heterocycles. The maximum absolute atomic E-state index is 11.6. The molecular formula is C14H17BrO5S. The molecule has 0 radical (unpaired) electrons. The number of rotatable bonds is 8. The van der Waals surface area contributed by atoms with Gasteiger partial charge in [-0.15, -0.1) is 0 Å². The smallest absolute Gasteiger partial charge is 0.328 e. The van der Waals surface area contributed by atoms with E-state index in [2.05, 4.69) is 15.9 Å². The quantitative estimate of drug-likeness (QED) is 0.705. The van der Waals surface area contributed by atoms with Crippen LogP contribution < -0.4 is 4.74 Å².